The Bertz CT molecular complexity index is 724. The maximum Gasteiger partial charge on any atom is 0.403 e. The fraction of sp³-hybridized carbons (Fsp3) is 0.714. The third kappa shape index (κ3) is 6.22. The van der Waals surface area contributed by atoms with Crippen LogP contribution in [0.1, 0.15) is 26.3 Å². The van der Waals surface area contributed by atoms with Crippen LogP contribution in [-0.4, -0.2) is 91.5 Å². The fourth-order valence-electron chi connectivity index (χ4n) is 4.11. The predicted molar refractivity (Wildman–Crippen MR) is 115 cm³/mol. The van der Waals surface area contributed by atoms with Gasteiger partial charge in [-0.1, -0.05) is 6.07 Å². The zero-order valence-corrected chi connectivity index (χ0v) is 18.7. The number of nitrogens with one attached hydrogen (secondary N) is 1. The Hall–Kier alpha value is -2.07. The van der Waals surface area contributed by atoms with Gasteiger partial charge in [-0.15, -0.1) is 0 Å². The molecule has 3 unspecified atom stereocenters. The highest BCUT2D eigenvalue weighted by Gasteiger charge is 2.41. The summed E-state index contributed by atoms with van der Waals surface area (Å²) in [6.07, 6.45) is -1.99. The van der Waals surface area contributed by atoms with Crippen molar-refractivity contribution in [1.82, 2.24) is 20.1 Å². The third-order valence-electron chi connectivity index (χ3n) is 5.85. The SMILES string of the molecule is CN=C(NCc1ccc(N2CC(C)OC(C)C2)nc1)N1CCN(C(C)C(F)(F)F)CC1. The van der Waals surface area contributed by atoms with Crippen LogP contribution in [0.5, 0.6) is 0 Å². The summed E-state index contributed by atoms with van der Waals surface area (Å²) in [6.45, 7) is 9.26. The second-order valence-electron chi connectivity index (χ2n) is 8.33. The van der Waals surface area contributed by atoms with Crippen LogP contribution < -0.4 is 10.2 Å². The first-order valence-corrected chi connectivity index (χ1v) is 10.8. The molecule has 7 nitrogen and oxygen atoms in total. The van der Waals surface area contributed by atoms with Crippen molar-refractivity contribution < 1.29 is 17.9 Å². The summed E-state index contributed by atoms with van der Waals surface area (Å²) in [5.41, 5.74) is 1.02. The Kier molecular flexibility index (Phi) is 7.64. The minimum atomic E-state index is -4.20. The molecule has 2 aliphatic rings. The molecule has 1 aromatic rings. The Morgan fingerprint density at radius 2 is 1.84 bits per heavy atom. The molecular weight excluding hydrogens is 409 g/mol. The molecule has 2 aliphatic heterocycles. The second-order valence-corrected chi connectivity index (χ2v) is 8.33. The Morgan fingerprint density at radius 1 is 1.19 bits per heavy atom. The third-order valence-corrected chi connectivity index (χ3v) is 5.85. The van der Waals surface area contributed by atoms with E-state index in [0.29, 0.717) is 38.7 Å². The van der Waals surface area contributed by atoms with Gasteiger partial charge in [-0.2, -0.15) is 13.2 Å². The number of aliphatic imine (C=N–C) groups is 1. The highest BCUT2D eigenvalue weighted by atomic mass is 19.4. The van der Waals surface area contributed by atoms with Crippen LogP contribution in [0, 0.1) is 0 Å². The fourth-order valence-corrected chi connectivity index (χ4v) is 4.11. The van der Waals surface area contributed by atoms with Gasteiger partial charge in [-0.05, 0) is 32.4 Å². The minimum Gasteiger partial charge on any atom is -0.372 e. The molecule has 0 aliphatic carbocycles. The summed E-state index contributed by atoms with van der Waals surface area (Å²) in [5, 5.41) is 3.30. The lowest BCUT2D eigenvalue weighted by Crippen LogP contribution is -2.56. The number of piperazine rings is 1. The summed E-state index contributed by atoms with van der Waals surface area (Å²) in [4.78, 5) is 14.6. The van der Waals surface area contributed by atoms with E-state index in [1.165, 1.54) is 11.8 Å². The van der Waals surface area contributed by atoms with Crippen molar-refractivity contribution in [3.8, 4) is 0 Å². The van der Waals surface area contributed by atoms with Gasteiger partial charge in [0.15, 0.2) is 5.96 Å². The maximum atomic E-state index is 12.9. The number of rotatable bonds is 4. The number of alkyl halides is 3. The minimum absolute atomic E-state index is 0.176. The number of hydrogen-bond donors (Lipinski definition) is 1. The molecule has 31 heavy (non-hydrogen) atoms. The van der Waals surface area contributed by atoms with E-state index in [1.54, 1.807) is 7.05 Å². The molecule has 0 amide bonds. The number of pyridine rings is 1. The van der Waals surface area contributed by atoms with Crippen LogP contribution >= 0.6 is 0 Å². The van der Waals surface area contributed by atoms with Crippen molar-refractivity contribution in [3.05, 3.63) is 23.9 Å². The smallest absolute Gasteiger partial charge is 0.372 e. The lowest BCUT2D eigenvalue weighted by molar-refractivity contribution is -0.181. The van der Waals surface area contributed by atoms with Crippen molar-refractivity contribution in [2.24, 2.45) is 4.99 Å². The van der Waals surface area contributed by atoms with Crippen molar-refractivity contribution in [1.29, 1.82) is 0 Å². The molecule has 174 valence electrons. The summed E-state index contributed by atoms with van der Waals surface area (Å²) >= 11 is 0. The molecule has 0 radical (unpaired) electrons. The van der Waals surface area contributed by atoms with E-state index < -0.39 is 12.2 Å². The van der Waals surface area contributed by atoms with Gasteiger partial charge in [-0.3, -0.25) is 9.89 Å². The monoisotopic (exact) mass is 442 g/mol. The van der Waals surface area contributed by atoms with Gasteiger partial charge in [0.1, 0.15) is 11.9 Å². The normalized spacial score (nSPS) is 24.9. The van der Waals surface area contributed by atoms with Crippen LogP contribution in [0.4, 0.5) is 19.0 Å². The average molecular weight is 443 g/mol. The molecule has 1 aromatic heterocycles. The van der Waals surface area contributed by atoms with Crippen LogP contribution in [0.15, 0.2) is 23.3 Å². The number of guanidine groups is 1. The van der Waals surface area contributed by atoms with E-state index in [1.807, 2.05) is 23.2 Å². The van der Waals surface area contributed by atoms with Gasteiger partial charge < -0.3 is 19.9 Å². The first-order chi connectivity index (χ1) is 14.7. The van der Waals surface area contributed by atoms with Gasteiger partial charge in [-0.25, -0.2) is 4.98 Å². The van der Waals surface area contributed by atoms with E-state index in [0.717, 1.165) is 24.5 Å². The van der Waals surface area contributed by atoms with Crippen LogP contribution in [0.25, 0.3) is 0 Å². The van der Waals surface area contributed by atoms with E-state index in [9.17, 15) is 13.2 Å². The highest BCUT2D eigenvalue weighted by molar-refractivity contribution is 5.80. The first-order valence-electron chi connectivity index (χ1n) is 10.8. The number of anilines is 1. The lowest BCUT2D eigenvalue weighted by Gasteiger charge is -2.39. The van der Waals surface area contributed by atoms with Gasteiger partial charge in [0.05, 0.1) is 12.2 Å². The van der Waals surface area contributed by atoms with Crippen molar-refractivity contribution in [3.63, 3.8) is 0 Å². The molecule has 3 rings (SSSR count). The number of nitrogens with zero attached hydrogens (tertiary/aromatic N) is 5. The van der Waals surface area contributed by atoms with Gasteiger partial charge in [0, 0.05) is 59.1 Å². The molecule has 3 atom stereocenters. The summed E-state index contributed by atoms with van der Waals surface area (Å²) < 4.78 is 44.6. The number of hydrogen-bond acceptors (Lipinski definition) is 5. The van der Waals surface area contributed by atoms with Crippen LogP contribution in [0.2, 0.25) is 0 Å². The molecule has 2 saturated heterocycles. The number of ether oxygens (including phenoxy) is 1. The van der Waals surface area contributed by atoms with Crippen molar-refractivity contribution in [2.75, 3.05) is 51.2 Å². The molecular formula is C21H33F3N6O. The second kappa shape index (κ2) is 10.0. The maximum absolute atomic E-state index is 12.9. The number of halogens is 3. The van der Waals surface area contributed by atoms with E-state index in [2.05, 4.69) is 34.0 Å². The van der Waals surface area contributed by atoms with Gasteiger partial charge >= 0.3 is 6.18 Å². The van der Waals surface area contributed by atoms with E-state index >= 15 is 0 Å². The molecule has 0 aromatic carbocycles. The number of aromatic nitrogens is 1. The van der Waals surface area contributed by atoms with Crippen molar-refractivity contribution in [2.45, 2.75) is 51.7 Å². The van der Waals surface area contributed by atoms with E-state index in [4.69, 9.17) is 4.74 Å². The van der Waals surface area contributed by atoms with Crippen LogP contribution in [-0.2, 0) is 11.3 Å². The largest absolute Gasteiger partial charge is 0.403 e. The molecule has 1 N–H and O–H groups in total. The highest BCUT2D eigenvalue weighted by Crippen LogP contribution is 2.25. The summed E-state index contributed by atoms with van der Waals surface area (Å²) in [5.74, 6) is 1.63. The van der Waals surface area contributed by atoms with Gasteiger partial charge in [0.2, 0.25) is 0 Å². The lowest BCUT2D eigenvalue weighted by atomic mass is 10.2. The van der Waals surface area contributed by atoms with Crippen LogP contribution in [0.3, 0.4) is 0 Å². The van der Waals surface area contributed by atoms with Crippen molar-refractivity contribution >= 4 is 11.8 Å². The topological polar surface area (TPSA) is 56.2 Å². The molecule has 2 fully saturated rings. The Morgan fingerprint density at radius 3 is 2.35 bits per heavy atom. The molecule has 10 heteroatoms. The summed E-state index contributed by atoms with van der Waals surface area (Å²) in [7, 11) is 1.69. The average Bonchev–Trinajstić information content (AvgIpc) is 2.73. The quantitative estimate of drug-likeness (QED) is 0.571. The molecule has 0 saturated carbocycles. The number of morpholine rings is 1. The molecule has 3 heterocycles. The molecule has 0 spiro atoms. The summed E-state index contributed by atoms with van der Waals surface area (Å²) in [6, 6.07) is 2.63. The Balaban J connectivity index is 1.50. The van der Waals surface area contributed by atoms with E-state index in [-0.39, 0.29) is 12.2 Å². The Labute approximate surface area is 182 Å². The standard InChI is InChI=1S/C21H33F3N6O/c1-15-13-30(14-16(2)31-15)19-6-5-18(11-26-19)12-27-20(25-4)29-9-7-28(8-10-29)17(3)21(22,23)24/h5-6,11,15-17H,7-10,12-14H2,1-4H3,(H,25,27). The first kappa shape index (κ1) is 23.6. The zero-order valence-electron chi connectivity index (χ0n) is 18.7. The van der Waals surface area contributed by atoms with Gasteiger partial charge in [0.25, 0.3) is 0 Å². The zero-order chi connectivity index (χ0) is 22.6. The molecule has 0 bridgehead atoms. The predicted octanol–water partition coefficient (Wildman–Crippen LogP) is 2.34.